The molecule has 5 aromatic rings. The molecule has 1 N–H and O–H groups in total. The summed E-state index contributed by atoms with van der Waals surface area (Å²) in [6.07, 6.45) is 4.87. The van der Waals surface area contributed by atoms with Crippen molar-refractivity contribution in [1.29, 1.82) is 0 Å². The van der Waals surface area contributed by atoms with Crippen LogP contribution in [0.15, 0.2) is 43.0 Å². The Hall–Kier alpha value is -3.68. The molecule has 0 aliphatic carbocycles. The summed E-state index contributed by atoms with van der Waals surface area (Å²) in [5.41, 5.74) is 4.61. The maximum atomic E-state index is 14.2. The van der Waals surface area contributed by atoms with Gasteiger partial charge in [0.1, 0.15) is 22.4 Å². The molecule has 0 saturated heterocycles. The third-order valence-electron chi connectivity index (χ3n) is 4.50. The molecule has 7 nitrogen and oxygen atoms in total. The number of aryl methyl sites for hydroxylation is 2. The largest absolute Gasteiger partial charge is 0.346 e. The van der Waals surface area contributed by atoms with Crippen LogP contribution in [-0.4, -0.2) is 34.5 Å². The van der Waals surface area contributed by atoms with Gasteiger partial charge in [0.25, 0.3) is 0 Å². The Kier molecular flexibility index (Phi) is 3.27. The summed E-state index contributed by atoms with van der Waals surface area (Å²) in [7, 11) is 1.78. The van der Waals surface area contributed by atoms with Crippen molar-refractivity contribution in [2.24, 2.45) is 7.05 Å². The fraction of sp³-hybridized carbons (Fsp3) is 0.105. The van der Waals surface area contributed by atoms with Gasteiger partial charge < -0.3 is 9.55 Å². The van der Waals surface area contributed by atoms with E-state index in [1.807, 2.05) is 31.3 Å². The summed E-state index contributed by atoms with van der Waals surface area (Å²) in [6.45, 7) is 1.91. The van der Waals surface area contributed by atoms with Crippen LogP contribution in [0, 0.1) is 12.9 Å². The molecular formula is C19H14FN7. The van der Waals surface area contributed by atoms with Crippen molar-refractivity contribution >= 4 is 22.1 Å². The Balaban J connectivity index is 1.84. The minimum absolute atomic E-state index is 0.425. The number of rotatable bonds is 2. The molecule has 0 amide bonds. The predicted molar refractivity (Wildman–Crippen MR) is 99.3 cm³/mol. The van der Waals surface area contributed by atoms with E-state index in [1.165, 1.54) is 6.20 Å². The van der Waals surface area contributed by atoms with E-state index >= 15 is 0 Å². The molecule has 8 heteroatoms. The zero-order valence-electron chi connectivity index (χ0n) is 14.6. The second kappa shape index (κ2) is 5.66. The molecule has 0 bridgehead atoms. The van der Waals surface area contributed by atoms with Crippen molar-refractivity contribution < 1.29 is 4.39 Å². The molecular weight excluding hydrogens is 345 g/mol. The fourth-order valence-electron chi connectivity index (χ4n) is 3.31. The van der Waals surface area contributed by atoms with Gasteiger partial charge in [-0.25, -0.2) is 24.9 Å². The number of pyridine rings is 2. The molecule has 27 heavy (non-hydrogen) atoms. The lowest BCUT2D eigenvalue weighted by atomic mass is 10.1. The summed E-state index contributed by atoms with van der Waals surface area (Å²) in [5.74, 6) is -0.0448. The summed E-state index contributed by atoms with van der Waals surface area (Å²) < 4.78 is 15.9. The van der Waals surface area contributed by atoms with Gasteiger partial charge in [-0.05, 0) is 25.1 Å². The molecule has 0 radical (unpaired) electrons. The van der Waals surface area contributed by atoms with Gasteiger partial charge in [0, 0.05) is 36.1 Å². The predicted octanol–water partition coefficient (Wildman–Crippen LogP) is 3.42. The molecule has 0 aromatic carbocycles. The van der Waals surface area contributed by atoms with Crippen molar-refractivity contribution in [3.63, 3.8) is 0 Å². The number of aromatic amines is 1. The van der Waals surface area contributed by atoms with Gasteiger partial charge >= 0.3 is 0 Å². The average molecular weight is 359 g/mol. The highest BCUT2D eigenvalue weighted by Gasteiger charge is 2.19. The van der Waals surface area contributed by atoms with Crippen molar-refractivity contribution in [3.05, 3.63) is 54.6 Å². The number of nitrogens with one attached hydrogen (secondary N) is 1. The van der Waals surface area contributed by atoms with Gasteiger partial charge in [-0.15, -0.1) is 0 Å². The normalized spacial score (nSPS) is 11.5. The van der Waals surface area contributed by atoms with E-state index in [2.05, 4.69) is 24.9 Å². The van der Waals surface area contributed by atoms with Crippen LogP contribution in [-0.2, 0) is 7.05 Å². The molecule has 5 aromatic heterocycles. The van der Waals surface area contributed by atoms with E-state index < -0.39 is 5.95 Å². The molecule has 0 aliphatic heterocycles. The number of fused-ring (bicyclic) bond motifs is 2. The van der Waals surface area contributed by atoms with Gasteiger partial charge in [-0.2, -0.15) is 4.39 Å². The lowest BCUT2D eigenvalue weighted by Gasteiger charge is -2.05. The van der Waals surface area contributed by atoms with Gasteiger partial charge in [-0.3, -0.25) is 0 Å². The summed E-state index contributed by atoms with van der Waals surface area (Å²) in [4.78, 5) is 24.9. The number of hydrogen-bond acceptors (Lipinski definition) is 5. The fourth-order valence-corrected chi connectivity index (χ4v) is 3.31. The van der Waals surface area contributed by atoms with Crippen LogP contribution >= 0.6 is 0 Å². The Morgan fingerprint density at radius 2 is 1.96 bits per heavy atom. The molecule has 0 fully saturated rings. The van der Waals surface area contributed by atoms with Crippen LogP contribution < -0.4 is 0 Å². The number of halogens is 1. The summed E-state index contributed by atoms with van der Waals surface area (Å²) in [6, 6.07) is 7.46. The third-order valence-corrected chi connectivity index (χ3v) is 4.50. The average Bonchev–Trinajstić information content (AvgIpc) is 3.26. The molecule has 0 aliphatic rings. The minimum Gasteiger partial charge on any atom is -0.346 e. The Morgan fingerprint density at radius 3 is 2.81 bits per heavy atom. The second-order valence-electron chi connectivity index (χ2n) is 6.31. The SMILES string of the molecule is Cc1cccc(-c2nc(-c3cn(C)c4c(F)nccc34)c3[nH]cnc3n2)n1. The van der Waals surface area contributed by atoms with E-state index in [-0.39, 0.29) is 0 Å². The van der Waals surface area contributed by atoms with E-state index in [0.29, 0.717) is 33.9 Å². The highest BCUT2D eigenvalue weighted by atomic mass is 19.1. The lowest BCUT2D eigenvalue weighted by Crippen LogP contribution is -1.97. The van der Waals surface area contributed by atoms with Crippen LogP contribution in [0.2, 0.25) is 0 Å². The number of imidazole rings is 1. The topological polar surface area (TPSA) is 85.2 Å². The molecule has 0 saturated carbocycles. The monoisotopic (exact) mass is 359 g/mol. The molecule has 5 heterocycles. The number of H-pyrrole nitrogens is 1. The number of hydrogen-bond donors (Lipinski definition) is 1. The second-order valence-corrected chi connectivity index (χ2v) is 6.31. The summed E-state index contributed by atoms with van der Waals surface area (Å²) in [5, 5.41) is 0.725. The van der Waals surface area contributed by atoms with Crippen molar-refractivity contribution in [1.82, 2.24) is 34.5 Å². The maximum Gasteiger partial charge on any atom is 0.237 e. The van der Waals surface area contributed by atoms with Gasteiger partial charge in [-0.1, -0.05) is 6.07 Å². The number of nitrogens with zero attached hydrogens (tertiary/aromatic N) is 6. The van der Waals surface area contributed by atoms with E-state index in [9.17, 15) is 4.39 Å². The van der Waals surface area contributed by atoms with Crippen molar-refractivity contribution in [3.8, 4) is 22.8 Å². The summed E-state index contributed by atoms with van der Waals surface area (Å²) >= 11 is 0. The standard InChI is InChI=1S/C19H14FN7/c1-10-4-3-5-13(24-10)18-25-14(15-19(26-18)23-9-22-15)12-8-27(2)16-11(12)6-7-21-17(16)20/h3-9H,1-2H3,(H,22,23,25,26). The highest BCUT2D eigenvalue weighted by Crippen LogP contribution is 2.33. The molecule has 132 valence electrons. The van der Waals surface area contributed by atoms with E-state index in [4.69, 9.17) is 4.98 Å². The molecule has 0 atom stereocenters. The zero-order chi connectivity index (χ0) is 18.5. The lowest BCUT2D eigenvalue weighted by molar-refractivity contribution is 0.589. The van der Waals surface area contributed by atoms with E-state index in [0.717, 1.165) is 16.6 Å². The van der Waals surface area contributed by atoms with Crippen LogP contribution in [0.5, 0.6) is 0 Å². The number of aromatic nitrogens is 7. The Bertz CT molecular complexity index is 1320. The first-order valence-corrected chi connectivity index (χ1v) is 8.37. The van der Waals surface area contributed by atoms with Crippen LogP contribution in [0.25, 0.3) is 44.8 Å². The van der Waals surface area contributed by atoms with Gasteiger partial charge in [0.05, 0.1) is 6.33 Å². The zero-order valence-corrected chi connectivity index (χ0v) is 14.6. The molecule has 5 rings (SSSR count). The van der Waals surface area contributed by atoms with E-state index in [1.54, 1.807) is 24.0 Å². The van der Waals surface area contributed by atoms with Crippen molar-refractivity contribution in [2.45, 2.75) is 6.92 Å². The van der Waals surface area contributed by atoms with Crippen LogP contribution in [0.4, 0.5) is 4.39 Å². The Labute approximate surface area is 153 Å². The van der Waals surface area contributed by atoms with Gasteiger partial charge in [0.2, 0.25) is 5.95 Å². The minimum atomic E-state index is -0.517. The molecule has 0 spiro atoms. The quantitative estimate of drug-likeness (QED) is 0.488. The highest BCUT2D eigenvalue weighted by molar-refractivity contribution is 6.01. The third kappa shape index (κ3) is 2.37. The smallest absolute Gasteiger partial charge is 0.237 e. The van der Waals surface area contributed by atoms with Crippen LogP contribution in [0.3, 0.4) is 0 Å². The first-order chi connectivity index (χ1) is 13.1. The first-order valence-electron chi connectivity index (χ1n) is 8.37. The van der Waals surface area contributed by atoms with Crippen LogP contribution in [0.1, 0.15) is 5.69 Å². The van der Waals surface area contributed by atoms with Gasteiger partial charge in [0.15, 0.2) is 11.5 Å². The first kappa shape index (κ1) is 15.6. The van der Waals surface area contributed by atoms with Crippen molar-refractivity contribution in [2.75, 3.05) is 0 Å². The maximum absolute atomic E-state index is 14.2. The Morgan fingerprint density at radius 1 is 1.07 bits per heavy atom. The molecule has 0 unspecified atom stereocenters.